The summed E-state index contributed by atoms with van der Waals surface area (Å²) in [4.78, 5) is 36.3. The van der Waals surface area contributed by atoms with Gasteiger partial charge in [-0.05, 0) is 42.3 Å². The van der Waals surface area contributed by atoms with E-state index in [4.69, 9.17) is 0 Å². The lowest BCUT2D eigenvalue weighted by Gasteiger charge is -2.35. The average molecular weight is 362 g/mol. The Kier molecular flexibility index (Phi) is 4.62. The van der Waals surface area contributed by atoms with E-state index in [1.54, 1.807) is 12.4 Å². The molecule has 2 heterocycles. The number of aromatic amines is 1. The van der Waals surface area contributed by atoms with E-state index in [1.807, 2.05) is 46.2 Å². The first-order valence-electron chi connectivity index (χ1n) is 9.26. The number of amides is 2. The zero-order chi connectivity index (χ0) is 18.8. The molecule has 27 heavy (non-hydrogen) atoms. The monoisotopic (exact) mass is 362 g/mol. The van der Waals surface area contributed by atoms with Gasteiger partial charge in [-0.2, -0.15) is 0 Å². The van der Waals surface area contributed by atoms with Crippen LogP contribution in [-0.2, 0) is 6.42 Å². The van der Waals surface area contributed by atoms with Crippen LogP contribution in [0.3, 0.4) is 0 Å². The Bertz CT molecular complexity index is 969. The van der Waals surface area contributed by atoms with Gasteiger partial charge >= 0.3 is 0 Å². The van der Waals surface area contributed by atoms with Gasteiger partial charge in [0.2, 0.25) is 0 Å². The van der Waals surface area contributed by atoms with Gasteiger partial charge in [0.25, 0.3) is 11.8 Å². The highest BCUT2D eigenvalue weighted by Crippen LogP contribution is 2.16. The molecule has 1 N–H and O–H groups in total. The molecular weight excluding hydrogens is 340 g/mol. The Morgan fingerprint density at radius 1 is 0.926 bits per heavy atom. The minimum Gasteiger partial charge on any atom is -0.345 e. The van der Waals surface area contributed by atoms with Crippen molar-refractivity contribution in [3.63, 3.8) is 0 Å². The highest BCUT2D eigenvalue weighted by molar-refractivity contribution is 5.98. The standard InChI is InChI=1S/C21H22N4O2/c1-2-15-3-5-16(6-4-15)20(26)24-9-11-25(12-10-24)21(27)17-7-8-18-19(13-17)23-14-22-18/h3-8,13-14H,2,9-12H2,1H3,(H,22,23). The minimum absolute atomic E-state index is 0.00843. The summed E-state index contributed by atoms with van der Waals surface area (Å²) >= 11 is 0. The van der Waals surface area contributed by atoms with Crippen molar-refractivity contribution in [1.29, 1.82) is 0 Å². The highest BCUT2D eigenvalue weighted by atomic mass is 16.2. The van der Waals surface area contributed by atoms with Crippen LogP contribution in [0.15, 0.2) is 48.8 Å². The topological polar surface area (TPSA) is 69.3 Å². The van der Waals surface area contributed by atoms with Gasteiger partial charge in [0.1, 0.15) is 0 Å². The van der Waals surface area contributed by atoms with Gasteiger partial charge in [-0.25, -0.2) is 4.98 Å². The van der Waals surface area contributed by atoms with Crippen LogP contribution in [-0.4, -0.2) is 57.8 Å². The summed E-state index contributed by atoms with van der Waals surface area (Å²) in [6.45, 7) is 4.27. The van der Waals surface area contributed by atoms with Gasteiger partial charge in [-0.15, -0.1) is 0 Å². The van der Waals surface area contributed by atoms with E-state index in [1.165, 1.54) is 5.56 Å². The van der Waals surface area contributed by atoms with E-state index in [9.17, 15) is 9.59 Å². The summed E-state index contributed by atoms with van der Waals surface area (Å²) in [5.41, 5.74) is 4.26. The van der Waals surface area contributed by atoms with Gasteiger partial charge in [-0.1, -0.05) is 19.1 Å². The zero-order valence-electron chi connectivity index (χ0n) is 15.3. The van der Waals surface area contributed by atoms with Crippen LogP contribution in [0.25, 0.3) is 11.0 Å². The summed E-state index contributed by atoms with van der Waals surface area (Å²) in [6, 6.07) is 13.3. The van der Waals surface area contributed by atoms with Crippen molar-refractivity contribution in [2.75, 3.05) is 26.2 Å². The number of aryl methyl sites for hydroxylation is 1. The van der Waals surface area contributed by atoms with Gasteiger partial charge in [0.05, 0.1) is 17.4 Å². The van der Waals surface area contributed by atoms with Crippen LogP contribution < -0.4 is 0 Å². The predicted molar refractivity (Wildman–Crippen MR) is 104 cm³/mol. The molecule has 0 unspecified atom stereocenters. The van der Waals surface area contributed by atoms with Crippen LogP contribution in [0.5, 0.6) is 0 Å². The first-order valence-corrected chi connectivity index (χ1v) is 9.26. The van der Waals surface area contributed by atoms with Crippen LogP contribution in [0.4, 0.5) is 0 Å². The first-order chi connectivity index (χ1) is 13.2. The smallest absolute Gasteiger partial charge is 0.254 e. The number of imidazole rings is 1. The lowest BCUT2D eigenvalue weighted by molar-refractivity contribution is 0.0535. The molecule has 1 aliphatic heterocycles. The van der Waals surface area contributed by atoms with Crippen molar-refractivity contribution in [2.24, 2.45) is 0 Å². The van der Waals surface area contributed by atoms with Gasteiger partial charge in [-0.3, -0.25) is 9.59 Å². The Labute approximate surface area is 157 Å². The van der Waals surface area contributed by atoms with E-state index in [0.717, 1.165) is 17.5 Å². The Balaban J connectivity index is 1.40. The number of piperazine rings is 1. The normalized spacial score (nSPS) is 14.6. The SMILES string of the molecule is CCc1ccc(C(=O)N2CCN(C(=O)c3ccc4nc[nH]c4c3)CC2)cc1. The Morgan fingerprint density at radius 3 is 2.15 bits per heavy atom. The van der Waals surface area contributed by atoms with E-state index in [-0.39, 0.29) is 11.8 Å². The minimum atomic E-state index is -0.00843. The van der Waals surface area contributed by atoms with Crippen molar-refractivity contribution in [2.45, 2.75) is 13.3 Å². The highest BCUT2D eigenvalue weighted by Gasteiger charge is 2.25. The first kappa shape index (κ1) is 17.3. The maximum atomic E-state index is 12.8. The third-order valence-corrected chi connectivity index (χ3v) is 5.13. The van der Waals surface area contributed by atoms with Crippen LogP contribution in [0.2, 0.25) is 0 Å². The number of rotatable bonds is 3. The Hall–Kier alpha value is -3.15. The number of fused-ring (bicyclic) bond motifs is 1. The second kappa shape index (κ2) is 7.23. The lowest BCUT2D eigenvalue weighted by Crippen LogP contribution is -2.50. The molecule has 2 amide bonds. The van der Waals surface area contributed by atoms with Gasteiger partial charge in [0.15, 0.2) is 0 Å². The third-order valence-electron chi connectivity index (χ3n) is 5.13. The number of nitrogens with one attached hydrogen (secondary N) is 1. The molecule has 1 aromatic heterocycles. The number of carbonyl (C=O) groups is 2. The molecule has 1 saturated heterocycles. The molecule has 0 radical (unpaired) electrons. The number of H-pyrrole nitrogens is 1. The quantitative estimate of drug-likeness (QED) is 0.779. The molecule has 2 aromatic carbocycles. The fraction of sp³-hybridized carbons (Fsp3) is 0.286. The summed E-state index contributed by atoms with van der Waals surface area (Å²) in [5.74, 6) is 0.0227. The second-order valence-electron chi connectivity index (χ2n) is 6.77. The molecule has 0 bridgehead atoms. The third kappa shape index (κ3) is 3.43. The molecule has 1 fully saturated rings. The molecule has 3 aromatic rings. The molecule has 0 atom stereocenters. The van der Waals surface area contributed by atoms with Gasteiger partial charge < -0.3 is 14.8 Å². The summed E-state index contributed by atoms with van der Waals surface area (Å²) in [6.07, 6.45) is 2.58. The molecule has 6 heteroatoms. The van der Waals surface area contributed by atoms with Gasteiger partial charge in [0, 0.05) is 37.3 Å². The van der Waals surface area contributed by atoms with Crippen LogP contribution in [0.1, 0.15) is 33.2 Å². The molecular formula is C21H22N4O2. The number of carbonyl (C=O) groups excluding carboxylic acids is 2. The fourth-order valence-corrected chi connectivity index (χ4v) is 3.43. The zero-order valence-corrected chi connectivity index (χ0v) is 15.3. The molecule has 0 aliphatic carbocycles. The van der Waals surface area contributed by atoms with E-state index < -0.39 is 0 Å². The summed E-state index contributed by atoms with van der Waals surface area (Å²) in [5, 5.41) is 0. The van der Waals surface area contributed by atoms with E-state index >= 15 is 0 Å². The van der Waals surface area contributed by atoms with Crippen molar-refractivity contribution >= 4 is 22.8 Å². The summed E-state index contributed by atoms with van der Waals surface area (Å²) < 4.78 is 0. The second-order valence-corrected chi connectivity index (χ2v) is 6.77. The molecule has 4 rings (SSSR count). The largest absolute Gasteiger partial charge is 0.345 e. The van der Waals surface area contributed by atoms with E-state index in [0.29, 0.717) is 37.3 Å². The van der Waals surface area contributed by atoms with E-state index in [2.05, 4.69) is 16.9 Å². The maximum absolute atomic E-state index is 12.8. The molecule has 138 valence electrons. The average Bonchev–Trinajstić information content (AvgIpc) is 3.21. The van der Waals surface area contributed by atoms with Crippen molar-refractivity contribution in [3.05, 3.63) is 65.5 Å². The van der Waals surface area contributed by atoms with Crippen molar-refractivity contribution in [1.82, 2.24) is 19.8 Å². The van der Waals surface area contributed by atoms with Crippen LogP contribution in [0, 0.1) is 0 Å². The van der Waals surface area contributed by atoms with Crippen molar-refractivity contribution < 1.29 is 9.59 Å². The molecule has 6 nitrogen and oxygen atoms in total. The number of hydrogen-bond donors (Lipinski definition) is 1. The fourth-order valence-electron chi connectivity index (χ4n) is 3.43. The Morgan fingerprint density at radius 2 is 1.52 bits per heavy atom. The summed E-state index contributed by atoms with van der Waals surface area (Å²) in [7, 11) is 0. The number of aromatic nitrogens is 2. The van der Waals surface area contributed by atoms with Crippen LogP contribution >= 0.6 is 0 Å². The maximum Gasteiger partial charge on any atom is 0.254 e. The predicted octanol–water partition coefficient (Wildman–Crippen LogP) is 2.72. The molecule has 1 aliphatic rings. The van der Waals surface area contributed by atoms with Crippen molar-refractivity contribution in [3.8, 4) is 0 Å². The number of hydrogen-bond acceptors (Lipinski definition) is 3. The molecule has 0 spiro atoms. The number of benzene rings is 2. The molecule has 0 saturated carbocycles. The number of nitrogens with zero attached hydrogens (tertiary/aromatic N) is 3. The lowest BCUT2D eigenvalue weighted by atomic mass is 10.1.